The van der Waals surface area contributed by atoms with Crippen LogP contribution >= 0.6 is 46.4 Å². The van der Waals surface area contributed by atoms with E-state index in [1.165, 1.54) is 24.3 Å². The van der Waals surface area contributed by atoms with Crippen molar-refractivity contribution in [1.82, 2.24) is 5.32 Å². The lowest BCUT2D eigenvalue weighted by Gasteiger charge is -2.28. The third-order valence-corrected chi connectivity index (χ3v) is 4.81. The van der Waals surface area contributed by atoms with Gasteiger partial charge in [-0.25, -0.2) is 0 Å². The van der Waals surface area contributed by atoms with Gasteiger partial charge < -0.3 is 21.3 Å². The maximum Gasteiger partial charge on any atom is 0.118 e. The first kappa shape index (κ1) is 19.4. The van der Waals surface area contributed by atoms with Crippen molar-refractivity contribution in [2.45, 2.75) is 19.0 Å². The van der Waals surface area contributed by atoms with E-state index >= 15 is 0 Å². The summed E-state index contributed by atoms with van der Waals surface area (Å²) in [6.45, 7) is 2.49. The molecule has 4 nitrogen and oxygen atoms in total. The zero-order valence-corrected chi connectivity index (χ0v) is 15.7. The fraction of sp³-hybridized carbons (Fsp3) is 0.250. The Balaban J connectivity index is 2.57. The quantitative estimate of drug-likeness (QED) is 0.556. The summed E-state index contributed by atoms with van der Waals surface area (Å²) in [5.41, 5.74) is 7.39. The van der Waals surface area contributed by atoms with Gasteiger partial charge in [-0.3, -0.25) is 0 Å². The molecule has 0 fully saturated rings. The average molecular weight is 410 g/mol. The molecule has 0 aliphatic heterocycles. The number of nitrogens with one attached hydrogen (secondary N) is 1. The van der Waals surface area contributed by atoms with E-state index < -0.39 is 12.1 Å². The Bertz CT molecular complexity index is 709. The predicted molar refractivity (Wildman–Crippen MR) is 99.6 cm³/mol. The Labute approximate surface area is 160 Å². The van der Waals surface area contributed by atoms with Gasteiger partial charge in [0.05, 0.1) is 32.2 Å². The third kappa shape index (κ3) is 4.02. The number of hydrogen-bond acceptors (Lipinski definition) is 4. The molecule has 0 unspecified atom stereocenters. The zero-order valence-electron chi connectivity index (χ0n) is 12.7. The number of hydrogen-bond donors (Lipinski definition) is 4. The molecule has 0 saturated carbocycles. The van der Waals surface area contributed by atoms with Gasteiger partial charge in [0.15, 0.2) is 0 Å². The lowest BCUT2D eigenvalue weighted by atomic mass is 9.93. The number of halogens is 4. The first-order valence-corrected chi connectivity index (χ1v) is 8.62. The molecule has 0 radical (unpaired) electrons. The maximum absolute atomic E-state index is 9.61. The molecule has 24 heavy (non-hydrogen) atoms. The van der Waals surface area contributed by atoms with Crippen LogP contribution in [0.15, 0.2) is 24.3 Å². The maximum atomic E-state index is 9.61. The fourth-order valence-electron chi connectivity index (χ4n) is 2.55. The summed E-state index contributed by atoms with van der Waals surface area (Å²) in [4.78, 5) is 0. The van der Waals surface area contributed by atoms with E-state index in [-0.39, 0.29) is 31.6 Å². The molecule has 0 spiro atoms. The van der Waals surface area contributed by atoms with Crippen molar-refractivity contribution < 1.29 is 10.2 Å². The minimum absolute atomic E-state index is 0.0433. The Hall–Kier alpha value is -0.880. The highest BCUT2D eigenvalue weighted by Gasteiger charge is 2.28. The second kappa shape index (κ2) is 8.00. The summed E-state index contributed by atoms with van der Waals surface area (Å²) >= 11 is 24.9. The molecule has 0 saturated heterocycles. The Kier molecular flexibility index (Phi) is 6.48. The van der Waals surface area contributed by atoms with Crippen molar-refractivity contribution in [3.63, 3.8) is 0 Å². The summed E-state index contributed by atoms with van der Waals surface area (Å²) in [5.74, 6) is -0.0973. The van der Waals surface area contributed by atoms with Crippen LogP contribution in [0.4, 0.5) is 0 Å². The molecule has 0 amide bonds. The van der Waals surface area contributed by atoms with Gasteiger partial charge in [-0.2, -0.15) is 0 Å². The van der Waals surface area contributed by atoms with Crippen LogP contribution < -0.4 is 11.1 Å². The van der Waals surface area contributed by atoms with Crippen LogP contribution in [0.1, 0.15) is 30.1 Å². The lowest BCUT2D eigenvalue weighted by Crippen LogP contribution is -2.32. The molecule has 0 heterocycles. The highest BCUT2D eigenvalue weighted by atomic mass is 35.5. The van der Waals surface area contributed by atoms with Gasteiger partial charge >= 0.3 is 0 Å². The Morgan fingerprint density at radius 3 is 1.62 bits per heavy atom. The molecule has 2 atom stereocenters. The summed E-state index contributed by atoms with van der Waals surface area (Å²) in [7, 11) is 0. The fourth-order valence-corrected chi connectivity index (χ4v) is 3.99. The van der Waals surface area contributed by atoms with E-state index in [0.717, 1.165) is 0 Å². The minimum Gasteiger partial charge on any atom is -0.508 e. The number of rotatable bonds is 5. The van der Waals surface area contributed by atoms with Gasteiger partial charge in [-0.15, -0.1) is 0 Å². The highest BCUT2D eigenvalue weighted by molar-refractivity contribution is 6.37. The van der Waals surface area contributed by atoms with Crippen LogP contribution in [0.2, 0.25) is 20.1 Å². The second-order valence-corrected chi connectivity index (χ2v) is 6.84. The summed E-state index contributed by atoms with van der Waals surface area (Å²) in [6.07, 6.45) is 0. The number of phenols is 2. The standard InChI is InChI=1S/C16H16Cl4N2O2/c1-2-22-16(14-11(19)5-8(24)6-12(14)20)15(21)13-9(17)3-7(23)4-10(13)18/h3-6,15-16,22-24H,2,21H2,1H3/t15-,16-/m0/s1. The molecule has 5 N–H and O–H groups in total. The van der Waals surface area contributed by atoms with Crippen LogP contribution in [0.5, 0.6) is 11.5 Å². The van der Waals surface area contributed by atoms with Crippen molar-refractivity contribution in [3.8, 4) is 11.5 Å². The van der Waals surface area contributed by atoms with E-state index in [1.54, 1.807) is 0 Å². The molecule has 130 valence electrons. The highest BCUT2D eigenvalue weighted by Crippen LogP contribution is 2.42. The van der Waals surface area contributed by atoms with E-state index in [1.807, 2.05) is 6.92 Å². The van der Waals surface area contributed by atoms with Gasteiger partial charge in [0, 0.05) is 11.1 Å². The molecule has 0 aromatic heterocycles. The first-order valence-electron chi connectivity index (χ1n) is 7.11. The smallest absolute Gasteiger partial charge is 0.118 e. The van der Waals surface area contributed by atoms with Crippen molar-refractivity contribution in [2.75, 3.05) is 6.54 Å². The topological polar surface area (TPSA) is 78.5 Å². The van der Waals surface area contributed by atoms with E-state index in [4.69, 9.17) is 52.1 Å². The van der Waals surface area contributed by atoms with E-state index in [9.17, 15) is 10.2 Å². The molecule has 2 rings (SSSR count). The third-order valence-electron chi connectivity index (χ3n) is 3.56. The number of aromatic hydroxyl groups is 2. The first-order chi connectivity index (χ1) is 11.3. The van der Waals surface area contributed by atoms with Crippen LogP contribution in [0.25, 0.3) is 0 Å². The normalized spacial score (nSPS) is 13.8. The Morgan fingerprint density at radius 2 is 1.25 bits per heavy atom. The van der Waals surface area contributed by atoms with E-state index in [0.29, 0.717) is 17.7 Å². The van der Waals surface area contributed by atoms with Crippen molar-refractivity contribution >= 4 is 46.4 Å². The molecule has 2 aromatic rings. The molecule has 0 aliphatic carbocycles. The molecule has 2 aromatic carbocycles. The number of phenolic OH excluding ortho intramolecular Hbond substituents is 2. The van der Waals surface area contributed by atoms with Crippen molar-refractivity contribution in [2.24, 2.45) is 5.73 Å². The summed E-state index contributed by atoms with van der Waals surface area (Å²) in [5, 5.41) is 23.4. The van der Waals surface area contributed by atoms with Crippen LogP contribution in [-0.4, -0.2) is 16.8 Å². The molecule has 0 aliphatic rings. The molecular formula is C16H16Cl4N2O2. The zero-order chi connectivity index (χ0) is 18.0. The summed E-state index contributed by atoms with van der Waals surface area (Å²) < 4.78 is 0. The Morgan fingerprint density at radius 1 is 0.875 bits per heavy atom. The van der Waals surface area contributed by atoms with Gasteiger partial charge in [0.25, 0.3) is 0 Å². The lowest BCUT2D eigenvalue weighted by molar-refractivity contribution is 0.457. The van der Waals surface area contributed by atoms with Crippen LogP contribution in [0, 0.1) is 0 Å². The van der Waals surface area contributed by atoms with Gasteiger partial charge in [0.1, 0.15) is 11.5 Å². The molecule has 0 bridgehead atoms. The van der Waals surface area contributed by atoms with Crippen molar-refractivity contribution in [1.29, 1.82) is 0 Å². The molecular weight excluding hydrogens is 394 g/mol. The monoisotopic (exact) mass is 408 g/mol. The molecule has 8 heteroatoms. The average Bonchev–Trinajstić information content (AvgIpc) is 2.44. The largest absolute Gasteiger partial charge is 0.508 e. The van der Waals surface area contributed by atoms with E-state index in [2.05, 4.69) is 5.32 Å². The summed E-state index contributed by atoms with van der Waals surface area (Å²) in [6, 6.07) is 4.32. The second-order valence-electron chi connectivity index (χ2n) is 5.21. The van der Waals surface area contributed by atoms with Crippen LogP contribution in [-0.2, 0) is 0 Å². The van der Waals surface area contributed by atoms with Crippen molar-refractivity contribution in [3.05, 3.63) is 55.5 Å². The van der Waals surface area contributed by atoms with Gasteiger partial charge in [-0.1, -0.05) is 53.3 Å². The minimum atomic E-state index is -0.690. The SMILES string of the molecule is CCN[C@@H](c1c(Cl)cc(O)cc1Cl)[C@@H](N)c1c(Cl)cc(O)cc1Cl. The van der Waals surface area contributed by atoms with Crippen LogP contribution in [0.3, 0.4) is 0 Å². The number of nitrogens with two attached hydrogens (primary N) is 1. The number of likely N-dealkylation sites (N-methyl/N-ethyl adjacent to an activating group) is 1. The number of benzene rings is 2. The van der Waals surface area contributed by atoms with Gasteiger partial charge in [-0.05, 0) is 30.8 Å². The predicted octanol–water partition coefficient (Wildman–Crippen LogP) is 5.06. The van der Waals surface area contributed by atoms with Gasteiger partial charge in [0.2, 0.25) is 0 Å².